The van der Waals surface area contributed by atoms with Crippen LogP contribution < -0.4 is 10.9 Å². The van der Waals surface area contributed by atoms with Crippen LogP contribution in [0.15, 0.2) is 29.2 Å². The highest BCUT2D eigenvalue weighted by atomic mass is 16.1. The number of hydrogen-bond donors (Lipinski definition) is 1. The van der Waals surface area contributed by atoms with Crippen LogP contribution in [0.2, 0.25) is 0 Å². The lowest BCUT2D eigenvalue weighted by molar-refractivity contribution is -0.121. The molecule has 0 atom stereocenters. The molecule has 0 saturated carbocycles. The minimum atomic E-state index is -0.0380. The van der Waals surface area contributed by atoms with E-state index in [4.69, 9.17) is 0 Å². The fourth-order valence-electron chi connectivity index (χ4n) is 1.47. The van der Waals surface area contributed by atoms with E-state index in [0.29, 0.717) is 25.4 Å². The van der Waals surface area contributed by atoms with Gasteiger partial charge in [0.1, 0.15) is 0 Å². The van der Waals surface area contributed by atoms with Gasteiger partial charge in [0.05, 0.1) is 0 Å². The van der Waals surface area contributed by atoms with Gasteiger partial charge in [0.25, 0.3) is 5.56 Å². The van der Waals surface area contributed by atoms with Crippen LogP contribution in [0.3, 0.4) is 0 Å². The van der Waals surface area contributed by atoms with E-state index in [-0.39, 0.29) is 11.5 Å². The van der Waals surface area contributed by atoms with Gasteiger partial charge in [0.15, 0.2) is 0 Å². The third kappa shape index (κ3) is 5.33. The maximum absolute atomic E-state index is 11.4. The van der Waals surface area contributed by atoms with E-state index in [1.807, 2.05) is 6.07 Å². The molecular weight excluding hydrogens is 216 g/mol. The topological polar surface area (TPSA) is 51.1 Å². The second kappa shape index (κ2) is 6.89. The maximum atomic E-state index is 11.4. The maximum Gasteiger partial charge on any atom is 0.250 e. The average Bonchev–Trinajstić information content (AvgIpc) is 2.29. The molecule has 17 heavy (non-hydrogen) atoms. The Kier molecular flexibility index (Phi) is 5.46. The Labute approximate surface area is 102 Å². The molecule has 1 N–H and O–H groups in total. The first-order valence-electron chi connectivity index (χ1n) is 6.02. The van der Waals surface area contributed by atoms with Crippen molar-refractivity contribution in [1.82, 2.24) is 9.88 Å². The summed E-state index contributed by atoms with van der Waals surface area (Å²) in [6, 6.07) is 5.03. The number of rotatable bonds is 6. The molecular formula is C13H20N2O2. The molecule has 0 aliphatic heterocycles. The minimum Gasteiger partial charge on any atom is -0.354 e. The Morgan fingerprint density at radius 3 is 2.82 bits per heavy atom. The number of aromatic nitrogens is 1. The van der Waals surface area contributed by atoms with Crippen LogP contribution >= 0.6 is 0 Å². The second-order valence-electron chi connectivity index (χ2n) is 4.51. The zero-order valence-electron chi connectivity index (χ0n) is 10.5. The molecule has 0 spiro atoms. The van der Waals surface area contributed by atoms with E-state index in [0.717, 1.165) is 6.42 Å². The van der Waals surface area contributed by atoms with Crippen LogP contribution in [-0.4, -0.2) is 17.0 Å². The normalized spacial score (nSPS) is 10.5. The summed E-state index contributed by atoms with van der Waals surface area (Å²) < 4.78 is 1.59. The molecule has 1 aromatic heterocycles. The van der Waals surface area contributed by atoms with Gasteiger partial charge >= 0.3 is 0 Å². The fourth-order valence-corrected chi connectivity index (χ4v) is 1.47. The summed E-state index contributed by atoms with van der Waals surface area (Å²) in [6.07, 6.45) is 3.18. The van der Waals surface area contributed by atoms with Gasteiger partial charge in [0, 0.05) is 31.8 Å². The van der Waals surface area contributed by atoms with Crippen molar-refractivity contribution in [3.8, 4) is 0 Å². The highest BCUT2D eigenvalue weighted by Gasteiger charge is 2.02. The van der Waals surface area contributed by atoms with E-state index >= 15 is 0 Å². The second-order valence-corrected chi connectivity index (χ2v) is 4.51. The Hall–Kier alpha value is -1.58. The number of hydrogen-bond acceptors (Lipinski definition) is 2. The lowest BCUT2D eigenvalue weighted by Gasteiger charge is -2.08. The summed E-state index contributed by atoms with van der Waals surface area (Å²) in [4.78, 5) is 22.8. The van der Waals surface area contributed by atoms with Crippen LogP contribution in [0.1, 0.15) is 26.7 Å². The molecule has 0 aromatic carbocycles. The fraction of sp³-hybridized carbons (Fsp3) is 0.538. The van der Waals surface area contributed by atoms with Gasteiger partial charge in [0.2, 0.25) is 5.91 Å². The largest absolute Gasteiger partial charge is 0.354 e. The molecule has 0 unspecified atom stereocenters. The Bertz CT molecular complexity index is 410. The third-order valence-electron chi connectivity index (χ3n) is 2.52. The molecule has 1 rings (SSSR count). The Morgan fingerprint density at radius 1 is 1.41 bits per heavy atom. The van der Waals surface area contributed by atoms with Crippen molar-refractivity contribution < 1.29 is 4.79 Å². The molecule has 0 aliphatic rings. The molecule has 0 bridgehead atoms. The van der Waals surface area contributed by atoms with E-state index in [1.165, 1.54) is 6.07 Å². The van der Waals surface area contributed by atoms with Gasteiger partial charge in [-0.1, -0.05) is 19.9 Å². The van der Waals surface area contributed by atoms with Crippen molar-refractivity contribution in [1.29, 1.82) is 0 Å². The summed E-state index contributed by atoms with van der Waals surface area (Å²) >= 11 is 0. The molecule has 0 radical (unpaired) electrons. The van der Waals surface area contributed by atoms with Crippen LogP contribution in [0.25, 0.3) is 0 Å². The van der Waals surface area contributed by atoms with Crippen molar-refractivity contribution in [3.05, 3.63) is 34.7 Å². The zero-order chi connectivity index (χ0) is 12.7. The lowest BCUT2D eigenvalue weighted by atomic mass is 10.1. The molecule has 0 aliphatic carbocycles. The Balaban J connectivity index is 2.26. The van der Waals surface area contributed by atoms with Gasteiger partial charge in [-0.2, -0.15) is 0 Å². The number of amides is 1. The first-order valence-corrected chi connectivity index (χ1v) is 6.02. The predicted molar refractivity (Wildman–Crippen MR) is 67.8 cm³/mol. The molecule has 4 nitrogen and oxygen atoms in total. The molecule has 0 saturated heterocycles. The van der Waals surface area contributed by atoms with Crippen LogP contribution in [0.4, 0.5) is 0 Å². The SMILES string of the molecule is CC(C)CCC(=O)NCCn1ccccc1=O. The quantitative estimate of drug-likeness (QED) is 0.811. The highest BCUT2D eigenvalue weighted by Crippen LogP contribution is 2.02. The van der Waals surface area contributed by atoms with Crippen LogP contribution in [0.5, 0.6) is 0 Å². The highest BCUT2D eigenvalue weighted by molar-refractivity contribution is 5.75. The van der Waals surface area contributed by atoms with Gasteiger partial charge in [-0.05, 0) is 18.4 Å². The predicted octanol–water partition coefficient (Wildman–Crippen LogP) is 1.40. The minimum absolute atomic E-state index is 0.0380. The van der Waals surface area contributed by atoms with E-state index in [9.17, 15) is 9.59 Å². The lowest BCUT2D eigenvalue weighted by Crippen LogP contribution is -2.30. The third-order valence-corrected chi connectivity index (χ3v) is 2.52. The summed E-state index contributed by atoms with van der Waals surface area (Å²) in [7, 11) is 0. The van der Waals surface area contributed by atoms with Crippen LogP contribution in [0, 0.1) is 5.92 Å². The molecule has 4 heteroatoms. The van der Waals surface area contributed by atoms with Gasteiger partial charge < -0.3 is 9.88 Å². The molecule has 94 valence electrons. The van der Waals surface area contributed by atoms with E-state index in [1.54, 1.807) is 16.8 Å². The van der Waals surface area contributed by atoms with E-state index in [2.05, 4.69) is 19.2 Å². The number of nitrogens with one attached hydrogen (secondary N) is 1. The Morgan fingerprint density at radius 2 is 2.18 bits per heavy atom. The zero-order valence-corrected chi connectivity index (χ0v) is 10.5. The number of pyridine rings is 1. The summed E-state index contributed by atoms with van der Waals surface area (Å²) in [5.41, 5.74) is -0.0380. The monoisotopic (exact) mass is 236 g/mol. The first kappa shape index (κ1) is 13.5. The molecule has 1 amide bonds. The van der Waals surface area contributed by atoms with Crippen molar-refractivity contribution in [2.75, 3.05) is 6.54 Å². The number of carbonyl (C=O) groups excluding carboxylic acids is 1. The number of nitrogens with zero attached hydrogens (tertiary/aromatic N) is 1. The average molecular weight is 236 g/mol. The van der Waals surface area contributed by atoms with Crippen LogP contribution in [-0.2, 0) is 11.3 Å². The first-order chi connectivity index (χ1) is 8.09. The molecule has 1 aromatic rings. The summed E-state index contributed by atoms with van der Waals surface area (Å²) in [5.74, 6) is 0.597. The molecule has 0 fully saturated rings. The van der Waals surface area contributed by atoms with Gasteiger partial charge in [-0.25, -0.2) is 0 Å². The van der Waals surface area contributed by atoms with Crippen molar-refractivity contribution in [3.63, 3.8) is 0 Å². The number of carbonyl (C=O) groups is 1. The standard InChI is InChI=1S/C13H20N2O2/c1-11(2)6-7-12(16)14-8-10-15-9-4-3-5-13(15)17/h3-5,9,11H,6-8,10H2,1-2H3,(H,14,16). The van der Waals surface area contributed by atoms with Crippen molar-refractivity contribution >= 4 is 5.91 Å². The summed E-state index contributed by atoms with van der Waals surface area (Å²) in [6.45, 7) is 5.21. The van der Waals surface area contributed by atoms with Gasteiger partial charge in [-0.15, -0.1) is 0 Å². The molecule has 1 heterocycles. The van der Waals surface area contributed by atoms with E-state index < -0.39 is 0 Å². The van der Waals surface area contributed by atoms with Crippen molar-refractivity contribution in [2.24, 2.45) is 5.92 Å². The smallest absolute Gasteiger partial charge is 0.250 e. The van der Waals surface area contributed by atoms with Gasteiger partial charge in [-0.3, -0.25) is 9.59 Å². The van der Waals surface area contributed by atoms with Crippen molar-refractivity contribution in [2.45, 2.75) is 33.2 Å². The summed E-state index contributed by atoms with van der Waals surface area (Å²) in [5, 5.41) is 2.82.